The average Bonchev–Trinajstić information content (AvgIpc) is 2.93. The molecule has 3 rings (SSSR count). The van der Waals surface area contributed by atoms with Crippen LogP contribution in [0.1, 0.15) is 37.8 Å². The van der Waals surface area contributed by atoms with Gasteiger partial charge in [0.25, 0.3) is 10.0 Å². The normalized spacial score (nSPS) is 11.2. The van der Waals surface area contributed by atoms with Gasteiger partial charge in [0, 0.05) is 41.7 Å². The van der Waals surface area contributed by atoms with Crippen molar-refractivity contribution in [3.63, 3.8) is 0 Å². The molecule has 15 heteroatoms. The Balaban J connectivity index is 0.00000588. The molecule has 0 saturated heterocycles. The van der Waals surface area contributed by atoms with Crippen molar-refractivity contribution in [2.75, 3.05) is 22.1 Å². The van der Waals surface area contributed by atoms with Crippen LogP contribution < -0.4 is 44.9 Å². The first-order chi connectivity index (χ1) is 18.9. The van der Waals surface area contributed by atoms with Gasteiger partial charge in [0.15, 0.2) is 0 Å². The van der Waals surface area contributed by atoms with Gasteiger partial charge in [-0.15, -0.1) is 6.54 Å². The zero-order valence-corrected chi connectivity index (χ0v) is 27.0. The second kappa shape index (κ2) is 15.3. The second-order valence-electron chi connectivity index (χ2n) is 8.78. The number of sulfone groups is 1. The Morgan fingerprint density at radius 2 is 1.51 bits per heavy atom. The number of aryl methyl sites for hydroxylation is 1. The molecule has 0 aliphatic rings. The average molecular weight is 611 g/mol. The zero-order chi connectivity index (χ0) is 29.3. The van der Waals surface area contributed by atoms with E-state index < -0.39 is 31.7 Å². The number of sulfonamides is 1. The van der Waals surface area contributed by atoms with Crippen LogP contribution in [0.2, 0.25) is 0 Å². The third-order valence-corrected chi connectivity index (χ3v) is 8.78. The Kier molecular flexibility index (Phi) is 12.7. The van der Waals surface area contributed by atoms with E-state index in [0.29, 0.717) is 11.5 Å². The van der Waals surface area contributed by atoms with E-state index in [2.05, 4.69) is 25.9 Å². The van der Waals surface area contributed by atoms with Crippen molar-refractivity contribution >= 4 is 54.8 Å². The molecular formula is C26H31N6NaO6S2. The maximum Gasteiger partial charge on any atom is 1.00 e. The molecule has 2 amide bonds. The third kappa shape index (κ3) is 10.7. The first-order valence-corrected chi connectivity index (χ1v) is 15.7. The minimum absolute atomic E-state index is 0. The number of nitrogens with zero attached hydrogens (tertiary/aromatic N) is 3. The minimum Gasteiger partial charge on any atom is -0.650 e. The quantitative estimate of drug-likeness (QED) is 0.234. The summed E-state index contributed by atoms with van der Waals surface area (Å²) in [5, 5.41) is 10.2. The Bertz CT molecular complexity index is 1560. The first-order valence-electron chi connectivity index (χ1n) is 12.4. The van der Waals surface area contributed by atoms with Crippen molar-refractivity contribution < 1.29 is 56.0 Å². The van der Waals surface area contributed by atoms with Gasteiger partial charge in [0.2, 0.25) is 11.9 Å². The number of anilines is 4. The first kappa shape index (κ1) is 34.2. The topological polar surface area (TPSA) is 178 Å². The van der Waals surface area contributed by atoms with Crippen LogP contribution in [0.5, 0.6) is 0 Å². The number of rotatable bonds is 13. The fourth-order valence-electron chi connectivity index (χ4n) is 3.23. The summed E-state index contributed by atoms with van der Waals surface area (Å²) in [5.41, 5.74) is 2.86. The van der Waals surface area contributed by atoms with E-state index in [9.17, 15) is 26.4 Å². The van der Waals surface area contributed by atoms with Gasteiger partial charge in [-0.25, -0.2) is 26.5 Å². The molecule has 0 radical (unpaired) electrons. The predicted octanol–water partition coefficient (Wildman–Crippen LogP) is 0.716. The van der Waals surface area contributed by atoms with E-state index in [1.165, 1.54) is 12.1 Å². The van der Waals surface area contributed by atoms with Crippen LogP contribution in [0.3, 0.4) is 0 Å². The maximum absolute atomic E-state index is 12.3. The molecule has 12 nitrogen and oxygen atoms in total. The van der Waals surface area contributed by atoms with E-state index in [4.69, 9.17) is 0 Å². The van der Waals surface area contributed by atoms with Crippen LogP contribution in [0.15, 0.2) is 59.6 Å². The van der Waals surface area contributed by atoms with Crippen molar-refractivity contribution in [1.82, 2.24) is 14.7 Å². The summed E-state index contributed by atoms with van der Waals surface area (Å²) < 4.78 is 49.6. The summed E-state index contributed by atoms with van der Waals surface area (Å²) in [5.74, 6) is -0.414. The fourth-order valence-corrected chi connectivity index (χ4v) is 5.06. The van der Waals surface area contributed by atoms with Gasteiger partial charge in [0.1, 0.15) is 15.7 Å². The van der Waals surface area contributed by atoms with Crippen LogP contribution in [0.25, 0.3) is 5.32 Å². The van der Waals surface area contributed by atoms with E-state index in [1.807, 2.05) is 23.8 Å². The Hall–Kier alpha value is -3.04. The Morgan fingerprint density at radius 3 is 2.12 bits per heavy atom. The number of aromatic nitrogens is 2. The summed E-state index contributed by atoms with van der Waals surface area (Å²) in [7, 11) is -7.15. The van der Waals surface area contributed by atoms with Crippen LogP contribution in [-0.2, 0) is 36.0 Å². The SMILES string of the molecule is CCC(=O)NS(=O)(=O)c1ccc(Nc2ncc(C)c(Nc3ccc(C[N-]C(=O)CCS(=O)(=O)CC)cc3)n2)cc1.[Na+]. The summed E-state index contributed by atoms with van der Waals surface area (Å²) in [4.78, 5) is 32.1. The molecule has 0 bridgehead atoms. The number of carbonyl (C=O) groups excluding carboxylic acids is 2. The van der Waals surface area contributed by atoms with E-state index >= 15 is 0 Å². The third-order valence-electron chi connectivity index (χ3n) is 5.68. The van der Waals surface area contributed by atoms with Gasteiger partial charge >= 0.3 is 29.6 Å². The van der Waals surface area contributed by atoms with Crippen molar-refractivity contribution in [3.05, 3.63) is 71.2 Å². The van der Waals surface area contributed by atoms with Crippen molar-refractivity contribution in [3.8, 4) is 0 Å². The second-order valence-corrected chi connectivity index (χ2v) is 12.9. The molecule has 0 atom stereocenters. The maximum atomic E-state index is 12.3. The molecule has 0 aliphatic carbocycles. The molecule has 3 N–H and O–H groups in total. The smallest absolute Gasteiger partial charge is 0.650 e. The summed E-state index contributed by atoms with van der Waals surface area (Å²) in [6, 6.07) is 13.0. The van der Waals surface area contributed by atoms with Crippen LogP contribution in [0, 0.1) is 6.92 Å². The molecule has 0 unspecified atom stereocenters. The predicted molar refractivity (Wildman–Crippen MR) is 153 cm³/mol. The van der Waals surface area contributed by atoms with Crippen molar-refractivity contribution in [2.24, 2.45) is 0 Å². The molecule has 1 heterocycles. The number of nitrogens with one attached hydrogen (secondary N) is 3. The number of benzene rings is 2. The van der Waals surface area contributed by atoms with Gasteiger partial charge in [0.05, 0.1) is 16.6 Å². The zero-order valence-electron chi connectivity index (χ0n) is 23.3. The molecule has 0 spiro atoms. The Labute approximate surface area is 262 Å². The molecule has 2 aromatic carbocycles. The van der Waals surface area contributed by atoms with Gasteiger partial charge in [-0.3, -0.25) is 4.79 Å². The van der Waals surface area contributed by atoms with Crippen molar-refractivity contribution in [1.29, 1.82) is 0 Å². The minimum atomic E-state index is -3.94. The van der Waals surface area contributed by atoms with Gasteiger partial charge in [-0.05, 0) is 43.3 Å². The Morgan fingerprint density at radius 1 is 0.902 bits per heavy atom. The molecule has 0 aliphatic heterocycles. The molecule has 3 aromatic rings. The van der Waals surface area contributed by atoms with E-state index in [0.717, 1.165) is 16.8 Å². The molecular weight excluding hydrogens is 579 g/mol. The van der Waals surface area contributed by atoms with Crippen LogP contribution >= 0.6 is 0 Å². The van der Waals surface area contributed by atoms with Crippen LogP contribution in [0.4, 0.5) is 23.1 Å². The fraction of sp³-hybridized carbons (Fsp3) is 0.308. The molecule has 0 saturated carbocycles. The number of hydrogen-bond donors (Lipinski definition) is 3. The van der Waals surface area contributed by atoms with Gasteiger partial charge in [-0.1, -0.05) is 31.5 Å². The van der Waals surface area contributed by atoms with Gasteiger partial charge in [-0.2, -0.15) is 4.98 Å². The van der Waals surface area contributed by atoms with Gasteiger partial charge < -0.3 is 20.7 Å². The molecule has 0 fully saturated rings. The molecule has 41 heavy (non-hydrogen) atoms. The number of amides is 2. The van der Waals surface area contributed by atoms with E-state index in [1.54, 1.807) is 44.3 Å². The molecule has 1 aromatic heterocycles. The standard InChI is InChI=1S/C26H32N6O6S2.Na/c1-4-23(33)32-40(37,38)22-12-10-21(11-13-22)30-26-28-16-18(3)25(31-26)29-20-8-6-19(7-9-20)17-27-24(34)14-15-39(35,36)5-2;/h6-13,16H,4-5,14-15,17H2,1-3H3,(H4,27,28,29,30,31,32,33,34);/q;+1/p-1. The number of carbonyl (C=O) groups is 2. The van der Waals surface area contributed by atoms with E-state index in [-0.39, 0.29) is 71.3 Å². The summed E-state index contributed by atoms with van der Waals surface area (Å²) in [6.07, 6.45) is 1.56. The van der Waals surface area contributed by atoms with Crippen molar-refractivity contribution in [2.45, 2.75) is 45.1 Å². The number of hydrogen-bond acceptors (Lipinski definition) is 10. The van der Waals surface area contributed by atoms with Crippen LogP contribution in [-0.4, -0.2) is 50.1 Å². The molecule has 214 valence electrons. The summed E-state index contributed by atoms with van der Waals surface area (Å²) >= 11 is 0. The summed E-state index contributed by atoms with van der Waals surface area (Å²) in [6.45, 7) is 5.10. The largest absolute Gasteiger partial charge is 1.00 e. The monoisotopic (exact) mass is 610 g/mol.